The maximum atomic E-state index is 12.0. The molecule has 0 aromatic heterocycles. The molecule has 1 aliphatic rings. The summed E-state index contributed by atoms with van der Waals surface area (Å²) in [6.07, 6.45) is -0.734. The Bertz CT molecular complexity index is 716. The minimum absolute atomic E-state index is 0.138. The number of halogens is 1. The van der Waals surface area contributed by atoms with Gasteiger partial charge in [-0.3, -0.25) is 0 Å². The molecule has 0 N–H and O–H groups in total. The average Bonchev–Trinajstić information content (AvgIpc) is 3.00. The van der Waals surface area contributed by atoms with E-state index in [1.165, 1.54) is 0 Å². The molecule has 0 spiro atoms. The molecule has 0 amide bonds. The van der Waals surface area contributed by atoms with E-state index in [-0.39, 0.29) is 13.4 Å². The molecule has 5 nitrogen and oxygen atoms in total. The van der Waals surface area contributed by atoms with Gasteiger partial charge in [0.2, 0.25) is 6.79 Å². The molecule has 0 saturated heterocycles. The molecule has 1 heterocycles. The Morgan fingerprint density at radius 2 is 2.04 bits per heavy atom. The lowest BCUT2D eigenvalue weighted by atomic mass is 10.2. The van der Waals surface area contributed by atoms with Gasteiger partial charge in [0.1, 0.15) is 12.4 Å². The Morgan fingerprint density at radius 3 is 2.87 bits per heavy atom. The normalized spacial score (nSPS) is 13.5. The van der Waals surface area contributed by atoms with Crippen LogP contribution in [0.25, 0.3) is 0 Å². The number of fused-ring (bicyclic) bond motifs is 1. The zero-order valence-corrected chi connectivity index (χ0v) is 13.2. The van der Waals surface area contributed by atoms with E-state index in [1.54, 1.807) is 43.3 Å². The third-order valence-electron chi connectivity index (χ3n) is 3.26. The molecule has 1 atom stereocenters. The second kappa shape index (κ2) is 6.79. The van der Waals surface area contributed by atoms with Gasteiger partial charge in [-0.05, 0) is 42.8 Å². The first-order valence-corrected chi connectivity index (χ1v) is 7.47. The molecule has 0 radical (unpaired) electrons. The molecule has 23 heavy (non-hydrogen) atoms. The Balaban J connectivity index is 1.54. The van der Waals surface area contributed by atoms with Crippen LogP contribution in [0.1, 0.15) is 12.5 Å². The van der Waals surface area contributed by atoms with E-state index in [1.807, 2.05) is 6.07 Å². The molecule has 0 bridgehead atoms. The van der Waals surface area contributed by atoms with E-state index in [0.29, 0.717) is 22.3 Å². The van der Waals surface area contributed by atoms with Crippen LogP contribution in [0, 0.1) is 0 Å². The van der Waals surface area contributed by atoms with Crippen LogP contribution in [0.15, 0.2) is 42.5 Å². The van der Waals surface area contributed by atoms with Crippen molar-refractivity contribution in [3.63, 3.8) is 0 Å². The summed E-state index contributed by atoms with van der Waals surface area (Å²) >= 11 is 5.88. The van der Waals surface area contributed by atoms with Crippen molar-refractivity contribution in [2.45, 2.75) is 19.6 Å². The van der Waals surface area contributed by atoms with Crippen molar-refractivity contribution in [3.05, 3.63) is 53.1 Å². The summed E-state index contributed by atoms with van der Waals surface area (Å²) in [5.74, 6) is 1.41. The van der Waals surface area contributed by atoms with Gasteiger partial charge in [0.25, 0.3) is 0 Å². The number of rotatable bonds is 5. The van der Waals surface area contributed by atoms with Crippen LogP contribution in [-0.4, -0.2) is 18.9 Å². The van der Waals surface area contributed by atoms with Crippen LogP contribution < -0.4 is 14.2 Å². The summed E-state index contributed by atoms with van der Waals surface area (Å²) in [6.45, 7) is 1.98. The van der Waals surface area contributed by atoms with E-state index in [2.05, 4.69) is 0 Å². The topological polar surface area (TPSA) is 54.0 Å². The van der Waals surface area contributed by atoms with Crippen LogP contribution >= 0.6 is 11.6 Å². The Kier molecular flexibility index (Phi) is 4.57. The maximum absolute atomic E-state index is 12.0. The van der Waals surface area contributed by atoms with E-state index in [4.69, 9.17) is 30.5 Å². The first-order chi connectivity index (χ1) is 11.1. The van der Waals surface area contributed by atoms with Gasteiger partial charge in [-0.2, -0.15) is 0 Å². The lowest BCUT2D eigenvalue weighted by Gasteiger charge is -2.14. The van der Waals surface area contributed by atoms with Crippen molar-refractivity contribution in [2.75, 3.05) is 6.79 Å². The molecular weight excluding hydrogens is 320 g/mol. The first-order valence-electron chi connectivity index (χ1n) is 7.09. The smallest absolute Gasteiger partial charge is 0.347 e. The minimum Gasteiger partial charge on any atom is -0.479 e. The molecule has 0 fully saturated rings. The molecule has 0 aliphatic carbocycles. The van der Waals surface area contributed by atoms with Crippen LogP contribution in [0.4, 0.5) is 0 Å². The van der Waals surface area contributed by atoms with E-state index >= 15 is 0 Å². The zero-order chi connectivity index (χ0) is 16.2. The Labute approximate surface area is 138 Å². The van der Waals surface area contributed by atoms with Gasteiger partial charge in [0.05, 0.1) is 0 Å². The van der Waals surface area contributed by atoms with Gasteiger partial charge in [-0.25, -0.2) is 4.79 Å². The number of benzene rings is 2. The number of hydrogen-bond acceptors (Lipinski definition) is 5. The minimum atomic E-state index is -0.734. The summed E-state index contributed by atoms with van der Waals surface area (Å²) in [4.78, 5) is 12.0. The van der Waals surface area contributed by atoms with Crippen LogP contribution in [-0.2, 0) is 16.1 Å². The highest BCUT2D eigenvalue weighted by Crippen LogP contribution is 2.32. The second-order valence-corrected chi connectivity index (χ2v) is 5.45. The van der Waals surface area contributed by atoms with Gasteiger partial charge in [0, 0.05) is 5.02 Å². The number of esters is 1. The van der Waals surface area contributed by atoms with Crippen molar-refractivity contribution >= 4 is 17.6 Å². The van der Waals surface area contributed by atoms with Gasteiger partial charge in [-0.1, -0.05) is 23.7 Å². The predicted octanol–water partition coefficient (Wildman–Crippen LogP) is 3.58. The largest absolute Gasteiger partial charge is 0.479 e. The number of hydrogen-bond donors (Lipinski definition) is 0. The van der Waals surface area contributed by atoms with Gasteiger partial charge < -0.3 is 18.9 Å². The van der Waals surface area contributed by atoms with E-state index in [0.717, 1.165) is 5.56 Å². The Hall–Kier alpha value is -2.40. The quantitative estimate of drug-likeness (QED) is 0.782. The fraction of sp³-hybridized carbons (Fsp3) is 0.235. The number of ether oxygens (including phenoxy) is 4. The average molecular weight is 335 g/mol. The van der Waals surface area contributed by atoms with Crippen molar-refractivity contribution < 1.29 is 23.7 Å². The molecule has 3 rings (SSSR count). The SMILES string of the molecule is CC(Oc1cccc(Cl)c1)C(=O)OCc1ccc2c(c1)OCO2. The lowest BCUT2D eigenvalue weighted by Crippen LogP contribution is -2.26. The van der Waals surface area contributed by atoms with E-state index < -0.39 is 12.1 Å². The fourth-order valence-electron chi connectivity index (χ4n) is 2.10. The second-order valence-electron chi connectivity index (χ2n) is 5.01. The van der Waals surface area contributed by atoms with Crippen molar-refractivity contribution in [1.29, 1.82) is 0 Å². The van der Waals surface area contributed by atoms with Crippen LogP contribution in [0.3, 0.4) is 0 Å². The van der Waals surface area contributed by atoms with Gasteiger partial charge in [0.15, 0.2) is 17.6 Å². The standard InChI is InChI=1S/C17H15ClO5/c1-11(23-14-4-2-3-13(18)8-14)17(19)20-9-12-5-6-15-16(7-12)22-10-21-15/h2-8,11H,9-10H2,1H3. The molecule has 6 heteroatoms. The first kappa shape index (κ1) is 15.5. The third-order valence-corrected chi connectivity index (χ3v) is 3.49. The van der Waals surface area contributed by atoms with E-state index in [9.17, 15) is 4.79 Å². The predicted molar refractivity (Wildman–Crippen MR) is 83.9 cm³/mol. The van der Waals surface area contributed by atoms with Crippen LogP contribution in [0.2, 0.25) is 5.02 Å². The summed E-state index contributed by atoms with van der Waals surface area (Å²) < 4.78 is 21.3. The van der Waals surface area contributed by atoms with Gasteiger partial charge in [-0.15, -0.1) is 0 Å². The molecule has 2 aromatic rings. The molecule has 1 unspecified atom stereocenters. The highest BCUT2D eigenvalue weighted by atomic mass is 35.5. The van der Waals surface area contributed by atoms with Crippen LogP contribution in [0.5, 0.6) is 17.2 Å². The van der Waals surface area contributed by atoms with Gasteiger partial charge >= 0.3 is 5.97 Å². The molecule has 1 aliphatic heterocycles. The lowest BCUT2D eigenvalue weighted by molar-refractivity contribution is -0.152. The summed E-state index contributed by atoms with van der Waals surface area (Å²) in [5.41, 5.74) is 0.817. The molecule has 0 saturated carbocycles. The van der Waals surface area contributed by atoms with Crippen molar-refractivity contribution in [3.8, 4) is 17.2 Å². The van der Waals surface area contributed by atoms with Crippen molar-refractivity contribution in [2.24, 2.45) is 0 Å². The maximum Gasteiger partial charge on any atom is 0.347 e. The summed E-state index contributed by atoms with van der Waals surface area (Å²) in [6, 6.07) is 12.3. The summed E-state index contributed by atoms with van der Waals surface area (Å²) in [5, 5.41) is 0.545. The number of carbonyl (C=O) groups excluding carboxylic acids is 1. The molecular formula is C17H15ClO5. The van der Waals surface area contributed by atoms with Crippen molar-refractivity contribution in [1.82, 2.24) is 0 Å². The zero-order valence-electron chi connectivity index (χ0n) is 12.5. The third kappa shape index (κ3) is 3.87. The highest BCUT2D eigenvalue weighted by molar-refractivity contribution is 6.30. The highest BCUT2D eigenvalue weighted by Gasteiger charge is 2.18. The Morgan fingerprint density at radius 1 is 1.22 bits per heavy atom. The molecule has 2 aromatic carbocycles. The number of carbonyl (C=O) groups is 1. The fourth-order valence-corrected chi connectivity index (χ4v) is 2.28. The summed E-state index contributed by atoms with van der Waals surface area (Å²) in [7, 11) is 0. The molecule has 120 valence electrons. The monoisotopic (exact) mass is 334 g/mol.